The minimum atomic E-state index is -0.116. The molecule has 2 heterocycles. The van der Waals surface area contributed by atoms with Crippen LogP contribution >= 0.6 is 0 Å². The molecule has 1 atom stereocenters. The topological polar surface area (TPSA) is 61.4 Å². The third kappa shape index (κ3) is 3.99. The van der Waals surface area contributed by atoms with Gasteiger partial charge < -0.3 is 15.1 Å². The molecule has 0 aromatic carbocycles. The highest BCUT2D eigenvalue weighted by molar-refractivity contribution is 5.91. The van der Waals surface area contributed by atoms with Gasteiger partial charge in [-0.2, -0.15) is 0 Å². The van der Waals surface area contributed by atoms with E-state index in [2.05, 4.69) is 20.2 Å². The SMILES string of the molecule is CN(C)C(=O)c1cncc(NC[C@H]2CCN(C3CCCC3)C2)n1. The zero-order valence-electron chi connectivity index (χ0n) is 14.2. The molecule has 0 unspecified atom stereocenters. The van der Waals surface area contributed by atoms with Crippen molar-refractivity contribution in [3.63, 3.8) is 0 Å². The maximum Gasteiger partial charge on any atom is 0.273 e. The summed E-state index contributed by atoms with van der Waals surface area (Å²) in [6, 6.07) is 0.820. The first kappa shape index (κ1) is 16.2. The van der Waals surface area contributed by atoms with Gasteiger partial charge in [0.2, 0.25) is 0 Å². The lowest BCUT2D eigenvalue weighted by Gasteiger charge is -2.23. The average molecular weight is 317 g/mol. The van der Waals surface area contributed by atoms with Crippen LogP contribution in [0.4, 0.5) is 5.82 Å². The van der Waals surface area contributed by atoms with Crippen molar-refractivity contribution in [3.05, 3.63) is 18.1 Å². The lowest BCUT2D eigenvalue weighted by atomic mass is 10.1. The van der Waals surface area contributed by atoms with Crippen LogP contribution in [0.5, 0.6) is 0 Å². The number of anilines is 1. The zero-order valence-corrected chi connectivity index (χ0v) is 14.2. The van der Waals surface area contributed by atoms with Gasteiger partial charge in [0.05, 0.1) is 12.4 Å². The second-order valence-electron chi connectivity index (χ2n) is 6.96. The van der Waals surface area contributed by atoms with Gasteiger partial charge in [0.25, 0.3) is 5.91 Å². The van der Waals surface area contributed by atoms with Gasteiger partial charge in [-0.3, -0.25) is 9.78 Å². The predicted octanol–water partition coefficient (Wildman–Crippen LogP) is 1.85. The Bertz CT molecular complexity index is 542. The summed E-state index contributed by atoms with van der Waals surface area (Å²) in [7, 11) is 3.44. The average Bonchev–Trinajstić information content (AvgIpc) is 3.23. The summed E-state index contributed by atoms with van der Waals surface area (Å²) in [6.45, 7) is 3.31. The first-order chi connectivity index (χ1) is 11.1. The summed E-state index contributed by atoms with van der Waals surface area (Å²) >= 11 is 0. The lowest BCUT2D eigenvalue weighted by Crippen LogP contribution is -2.31. The summed E-state index contributed by atoms with van der Waals surface area (Å²) in [5, 5.41) is 3.36. The highest BCUT2D eigenvalue weighted by atomic mass is 16.2. The van der Waals surface area contributed by atoms with E-state index in [4.69, 9.17) is 0 Å². The van der Waals surface area contributed by atoms with Gasteiger partial charge in [0, 0.05) is 33.2 Å². The molecule has 2 aliphatic rings. The van der Waals surface area contributed by atoms with E-state index in [0.29, 0.717) is 17.4 Å². The smallest absolute Gasteiger partial charge is 0.273 e. The second kappa shape index (κ2) is 7.25. The van der Waals surface area contributed by atoms with E-state index in [1.54, 1.807) is 20.3 Å². The molecule has 0 radical (unpaired) electrons. The normalized spacial score (nSPS) is 22.4. The largest absolute Gasteiger partial charge is 0.368 e. The van der Waals surface area contributed by atoms with E-state index in [-0.39, 0.29) is 5.91 Å². The number of rotatable bonds is 5. The van der Waals surface area contributed by atoms with Gasteiger partial charge in [-0.25, -0.2) is 4.98 Å². The van der Waals surface area contributed by atoms with Crippen molar-refractivity contribution in [1.29, 1.82) is 0 Å². The molecule has 1 saturated heterocycles. The summed E-state index contributed by atoms with van der Waals surface area (Å²) in [6.07, 6.45) is 9.99. The molecular weight excluding hydrogens is 290 g/mol. The molecule has 1 N–H and O–H groups in total. The van der Waals surface area contributed by atoms with Crippen LogP contribution in [0, 0.1) is 5.92 Å². The van der Waals surface area contributed by atoms with Gasteiger partial charge in [-0.1, -0.05) is 12.8 Å². The number of aromatic nitrogens is 2. The number of hydrogen-bond acceptors (Lipinski definition) is 5. The number of carbonyl (C=O) groups excluding carboxylic acids is 1. The Morgan fingerprint density at radius 3 is 2.83 bits per heavy atom. The molecule has 126 valence electrons. The maximum absolute atomic E-state index is 11.9. The quantitative estimate of drug-likeness (QED) is 0.898. The van der Waals surface area contributed by atoms with Gasteiger partial charge >= 0.3 is 0 Å². The molecule has 1 aliphatic carbocycles. The molecule has 0 bridgehead atoms. The Morgan fingerprint density at radius 1 is 1.30 bits per heavy atom. The van der Waals surface area contributed by atoms with Crippen molar-refractivity contribution in [3.8, 4) is 0 Å². The van der Waals surface area contributed by atoms with Crippen LogP contribution < -0.4 is 5.32 Å². The van der Waals surface area contributed by atoms with Crippen molar-refractivity contribution in [2.75, 3.05) is 39.0 Å². The van der Waals surface area contributed by atoms with E-state index >= 15 is 0 Å². The highest BCUT2D eigenvalue weighted by Gasteiger charge is 2.29. The minimum absolute atomic E-state index is 0.116. The fourth-order valence-electron chi connectivity index (χ4n) is 3.66. The molecule has 2 fully saturated rings. The van der Waals surface area contributed by atoms with E-state index in [1.807, 2.05) is 0 Å². The third-order valence-electron chi connectivity index (χ3n) is 4.99. The highest BCUT2D eigenvalue weighted by Crippen LogP contribution is 2.28. The van der Waals surface area contributed by atoms with Crippen LogP contribution in [0.1, 0.15) is 42.6 Å². The summed E-state index contributed by atoms with van der Waals surface area (Å²) in [5.74, 6) is 1.23. The van der Waals surface area contributed by atoms with Gasteiger partial charge in [-0.05, 0) is 31.7 Å². The van der Waals surface area contributed by atoms with Gasteiger partial charge in [0.15, 0.2) is 0 Å². The monoisotopic (exact) mass is 317 g/mol. The van der Waals surface area contributed by atoms with Crippen LogP contribution in [-0.2, 0) is 0 Å². The Morgan fingerprint density at radius 2 is 2.09 bits per heavy atom. The lowest BCUT2D eigenvalue weighted by molar-refractivity contribution is 0.0821. The van der Waals surface area contributed by atoms with Crippen LogP contribution in [0.2, 0.25) is 0 Å². The first-order valence-electron chi connectivity index (χ1n) is 8.65. The van der Waals surface area contributed by atoms with Crippen LogP contribution in [-0.4, -0.2) is 65.4 Å². The molecule has 1 aromatic heterocycles. The molecule has 23 heavy (non-hydrogen) atoms. The molecule has 1 aromatic rings. The van der Waals surface area contributed by atoms with Crippen LogP contribution in [0.3, 0.4) is 0 Å². The van der Waals surface area contributed by atoms with Crippen molar-refractivity contribution in [2.45, 2.75) is 38.1 Å². The molecule has 6 heteroatoms. The summed E-state index contributed by atoms with van der Waals surface area (Å²) in [5.41, 5.74) is 0.388. The number of nitrogens with one attached hydrogen (secondary N) is 1. The standard InChI is InChI=1S/C17H27N5O/c1-21(2)17(23)15-10-18-11-16(20-15)19-9-13-7-8-22(12-13)14-5-3-4-6-14/h10-11,13-14H,3-9,12H2,1-2H3,(H,19,20)/t13-/m1/s1. The number of amides is 1. The number of carbonyl (C=O) groups is 1. The zero-order chi connectivity index (χ0) is 16.2. The molecule has 3 rings (SSSR count). The Labute approximate surface area is 138 Å². The summed E-state index contributed by atoms with van der Waals surface area (Å²) in [4.78, 5) is 24.6. The molecular formula is C17H27N5O. The van der Waals surface area contributed by atoms with E-state index in [0.717, 1.165) is 12.6 Å². The summed E-state index contributed by atoms with van der Waals surface area (Å²) < 4.78 is 0. The molecule has 1 saturated carbocycles. The van der Waals surface area contributed by atoms with Gasteiger partial charge in [-0.15, -0.1) is 0 Å². The minimum Gasteiger partial charge on any atom is -0.368 e. The Kier molecular flexibility index (Phi) is 5.10. The van der Waals surface area contributed by atoms with Crippen LogP contribution in [0.25, 0.3) is 0 Å². The Balaban J connectivity index is 1.51. The van der Waals surface area contributed by atoms with Crippen molar-refractivity contribution >= 4 is 11.7 Å². The van der Waals surface area contributed by atoms with E-state index in [9.17, 15) is 4.79 Å². The van der Waals surface area contributed by atoms with Gasteiger partial charge in [0.1, 0.15) is 11.5 Å². The van der Waals surface area contributed by atoms with E-state index < -0.39 is 0 Å². The fraction of sp³-hybridized carbons (Fsp3) is 0.706. The molecule has 1 aliphatic heterocycles. The number of nitrogens with zero attached hydrogens (tertiary/aromatic N) is 4. The first-order valence-corrected chi connectivity index (χ1v) is 8.65. The molecule has 6 nitrogen and oxygen atoms in total. The number of hydrogen-bond donors (Lipinski definition) is 1. The van der Waals surface area contributed by atoms with Crippen molar-refractivity contribution in [1.82, 2.24) is 19.8 Å². The van der Waals surface area contributed by atoms with Crippen molar-refractivity contribution < 1.29 is 4.79 Å². The molecule has 1 amide bonds. The Hall–Kier alpha value is -1.69. The maximum atomic E-state index is 11.9. The van der Waals surface area contributed by atoms with E-state index in [1.165, 1.54) is 56.3 Å². The number of likely N-dealkylation sites (tertiary alicyclic amines) is 1. The second-order valence-corrected chi connectivity index (χ2v) is 6.96. The van der Waals surface area contributed by atoms with Crippen molar-refractivity contribution in [2.24, 2.45) is 5.92 Å². The predicted molar refractivity (Wildman–Crippen MR) is 90.5 cm³/mol. The van der Waals surface area contributed by atoms with Crippen LogP contribution in [0.15, 0.2) is 12.4 Å². The third-order valence-corrected chi connectivity index (χ3v) is 4.99. The fourth-order valence-corrected chi connectivity index (χ4v) is 3.66. The molecule has 0 spiro atoms.